The molecule has 0 aromatic carbocycles. The first-order valence-corrected chi connectivity index (χ1v) is 5.46. The van der Waals surface area contributed by atoms with Crippen LogP contribution in [0.2, 0.25) is 0 Å². The van der Waals surface area contributed by atoms with Gasteiger partial charge in [0.15, 0.2) is 0 Å². The molecule has 0 aliphatic heterocycles. The van der Waals surface area contributed by atoms with E-state index in [0.717, 1.165) is 0 Å². The molecule has 12 heavy (non-hydrogen) atoms. The van der Waals surface area contributed by atoms with Crippen LogP contribution in [-0.4, -0.2) is 10.5 Å². The molecule has 1 unspecified atom stereocenters. The third-order valence-electron chi connectivity index (χ3n) is 2.56. The van der Waals surface area contributed by atoms with Gasteiger partial charge < -0.3 is 0 Å². The second-order valence-corrected chi connectivity index (χ2v) is 4.61. The van der Waals surface area contributed by atoms with Crippen LogP contribution in [0.4, 0.5) is 0 Å². The molecule has 0 aromatic heterocycles. The van der Waals surface area contributed by atoms with E-state index in [0.29, 0.717) is 12.3 Å². The fourth-order valence-electron chi connectivity index (χ4n) is 1.85. The average molecular weight is 207 g/mol. The quantitative estimate of drug-likeness (QED) is 0.555. The predicted octanol–water partition coefficient (Wildman–Crippen LogP) is 3.02. The molecule has 3 heteroatoms. The third-order valence-corrected chi connectivity index (χ3v) is 3.32. The van der Waals surface area contributed by atoms with E-state index in [1.165, 1.54) is 32.1 Å². The molecule has 70 valence electrons. The monoisotopic (exact) mass is 206 g/mol. The van der Waals surface area contributed by atoms with Crippen LogP contribution < -0.4 is 0 Å². The van der Waals surface area contributed by atoms with Crippen molar-refractivity contribution in [3.05, 3.63) is 0 Å². The molecule has 1 aliphatic carbocycles. The molecule has 1 aliphatic rings. The van der Waals surface area contributed by atoms with Crippen LogP contribution in [0.5, 0.6) is 0 Å². The van der Waals surface area contributed by atoms with E-state index in [1.807, 2.05) is 0 Å². The number of thiol groups is 1. The lowest BCUT2D eigenvalue weighted by atomic mass is 9.86. The molecule has 0 radical (unpaired) electrons. The Morgan fingerprint density at radius 3 is 2.50 bits per heavy atom. The van der Waals surface area contributed by atoms with Gasteiger partial charge >= 0.3 is 0 Å². The minimum Gasteiger partial charge on any atom is -0.281 e. The smallest absolute Gasteiger partial charge is 0.222 e. The van der Waals surface area contributed by atoms with Gasteiger partial charge in [0.25, 0.3) is 0 Å². The predicted molar refractivity (Wildman–Crippen MR) is 54.8 cm³/mol. The zero-order valence-corrected chi connectivity index (χ0v) is 8.78. The summed E-state index contributed by atoms with van der Waals surface area (Å²) in [5.41, 5.74) is 0. The van der Waals surface area contributed by atoms with Crippen LogP contribution in [0.25, 0.3) is 0 Å². The van der Waals surface area contributed by atoms with Crippen molar-refractivity contribution in [1.29, 1.82) is 0 Å². The van der Waals surface area contributed by atoms with E-state index < -0.39 is 0 Å². The fourth-order valence-corrected chi connectivity index (χ4v) is 2.59. The Morgan fingerprint density at radius 1 is 1.42 bits per heavy atom. The topological polar surface area (TPSA) is 17.1 Å². The van der Waals surface area contributed by atoms with E-state index in [1.54, 1.807) is 0 Å². The van der Waals surface area contributed by atoms with Gasteiger partial charge in [-0.2, -0.15) is 12.6 Å². The standard InChI is InChI=1S/C9H15ClOS/c10-9(11)6-8(12)7-4-2-1-3-5-7/h7-8,12H,1-6H2. The van der Waals surface area contributed by atoms with Gasteiger partial charge in [-0.25, -0.2) is 0 Å². The summed E-state index contributed by atoms with van der Waals surface area (Å²) in [6.45, 7) is 0. The van der Waals surface area contributed by atoms with Crippen molar-refractivity contribution in [3.8, 4) is 0 Å². The highest BCUT2D eigenvalue weighted by molar-refractivity contribution is 7.81. The van der Waals surface area contributed by atoms with Crippen LogP contribution in [0.3, 0.4) is 0 Å². The van der Waals surface area contributed by atoms with E-state index in [2.05, 4.69) is 12.6 Å². The van der Waals surface area contributed by atoms with Gasteiger partial charge in [0.2, 0.25) is 5.24 Å². The Balaban J connectivity index is 2.29. The molecular formula is C9H15ClOS. The maximum atomic E-state index is 10.6. The molecule has 1 nitrogen and oxygen atoms in total. The van der Waals surface area contributed by atoms with Gasteiger partial charge in [-0.3, -0.25) is 4.79 Å². The Hall–Kier alpha value is 0.310. The Labute approximate surface area is 84.3 Å². The first kappa shape index (κ1) is 10.4. The maximum Gasteiger partial charge on any atom is 0.222 e. The summed E-state index contributed by atoms with van der Waals surface area (Å²) in [5, 5.41) is -0.0594. The Bertz CT molecular complexity index is 155. The molecule has 1 fully saturated rings. The second kappa shape index (κ2) is 5.13. The molecule has 0 bridgehead atoms. The van der Waals surface area contributed by atoms with Crippen molar-refractivity contribution in [2.75, 3.05) is 0 Å². The number of carbonyl (C=O) groups is 1. The highest BCUT2D eigenvalue weighted by Gasteiger charge is 2.21. The van der Waals surface area contributed by atoms with Crippen LogP contribution >= 0.6 is 24.2 Å². The molecular weight excluding hydrogens is 192 g/mol. The van der Waals surface area contributed by atoms with Gasteiger partial charge in [0, 0.05) is 11.7 Å². The number of hydrogen-bond donors (Lipinski definition) is 1. The molecule has 0 amide bonds. The van der Waals surface area contributed by atoms with Crippen LogP contribution in [0, 0.1) is 5.92 Å². The van der Waals surface area contributed by atoms with Crippen molar-refractivity contribution in [3.63, 3.8) is 0 Å². The summed E-state index contributed by atoms with van der Waals surface area (Å²) in [5.74, 6) is 0.616. The molecule has 0 N–H and O–H groups in total. The summed E-state index contributed by atoms with van der Waals surface area (Å²) < 4.78 is 0. The average Bonchev–Trinajstić information content (AvgIpc) is 2.05. The van der Waals surface area contributed by atoms with Crippen molar-refractivity contribution < 1.29 is 4.79 Å². The first-order valence-electron chi connectivity index (χ1n) is 4.56. The molecule has 0 aromatic rings. The Morgan fingerprint density at radius 2 is 2.00 bits per heavy atom. The van der Waals surface area contributed by atoms with Crippen molar-refractivity contribution in [2.24, 2.45) is 5.92 Å². The Kier molecular flexibility index (Phi) is 4.44. The minimum absolute atomic E-state index is 0.190. The molecule has 1 saturated carbocycles. The third kappa shape index (κ3) is 3.36. The van der Waals surface area contributed by atoms with Crippen molar-refractivity contribution in [1.82, 2.24) is 0 Å². The van der Waals surface area contributed by atoms with Gasteiger partial charge in [0.05, 0.1) is 0 Å². The van der Waals surface area contributed by atoms with E-state index in [9.17, 15) is 4.79 Å². The van der Waals surface area contributed by atoms with E-state index >= 15 is 0 Å². The maximum absolute atomic E-state index is 10.6. The first-order chi connectivity index (χ1) is 5.70. The summed E-state index contributed by atoms with van der Waals surface area (Å²) in [4.78, 5) is 10.6. The van der Waals surface area contributed by atoms with E-state index in [4.69, 9.17) is 11.6 Å². The summed E-state index contributed by atoms with van der Waals surface area (Å²) >= 11 is 9.71. The van der Waals surface area contributed by atoms with Gasteiger partial charge in [-0.1, -0.05) is 19.3 Å². The molecule has 1 atom stereocenters. The lowest BCUT2D eigenvalue weighted by molar-refractivity contribution is -0.111. The molecule has 0 saturated heterocycles. The highest BCUT2D eigenvalue weighted by Crippen LogP contribution is 2.30. The zero-order chi connectivity index (χ0) is 8.97. The van der Waals surface area contributed by atoms with Gasteiger partial charge in [0.1, 0.15) is 0 Å². The van der Waals surface area contributed by atoms with Crippen LogP contribution in [0.1, 0.15) is 38.5 Å². The molecule has 1 rings (SSSR count). The van der Waals surface area contributed by atoms with Crippen molar-refractivity contribution >= 4 is 29.5 Å². The van der Waals surface area contributed by atoms with Crippen LogP contribution in [0.15, 0.2) is 0 Å². The lowest BCUT2D eigenvalue weighted by Gasteiger charge is -2.25. The minimum atomic E-state index is -0.249. The highest BCUT2D eigenvalue weighted by atomic mass is 35.5. The number of halogens is 1. The molecule has 0 heterocycles. The molecule has 0 spiro atoms. The number of rotatable bonds is 3. The lowest BCUT2D eigenvalue weighted by Crippen LogP contribution is -2.19. The summed E-state index contributed by atoms with van der Waals surface area (Å²) in [6, 6.07) is 0. The fraction of sp³-hybridized carbons (Fsp3) is 0.889. The zero-order valence-electron chi connectivity index (χ0n) is 7.13. The summed E-state index contributed by atoms with van der Waals surface area (Å²) in [7, 11) is 0. The normalized spacial score (nSPS) is 22.2. The van der Waals surface area contributed by atoms with E-state index in [-0.39, 0.29) is 10.5 Å². The van der Waals surface area contributed by atoms with Crippen LogP contribution in [-0.2, 0) is 4.79 Å². The number of hydrogen-bond acceptors (Lipinski definition) is 2. The van der Waals surface area contributed by atoms with Gasteiger partial charge in [-0.15, -0.1) is 0 Å². The van der Waals surface area contributed by atoms with Gasteiger partial charge in [-0.05, 0) is 30.4 Å². The van der Waals surface area contributed by atoms with Crippen molar-refractivity contribution in [2.45, 2.75) is 43.8 Å². The number of carbonyl (C=O) groups excluding carboxylic acids is 1. The largest absolute Gasteiger partial charge is 0.281 e. The SMILES string of the molecule is O=C(Cl)CC(S)C1CCCCC1. The second-order valence-electron chi connectivity index (χ2n) is 3.52. The summed E-state index contributed by atoms with van der Waals surface area (Å²) in [6.07, 6.45) is 6.79.